The number of aliphatic hydroxyl groups is 2. The third kappa shape index (κ3) is 3.93. The van der Waals surface area contributed by atoms with Gasteiger partial charge in [-0.25, -0.2) is 0 Å². The Kier molecular flexibility index (Phi) is 6.42. The van der Waals surface area contributed by atoms with Gasteiger partial charge in [0.2, 0.25) is 11.8 Å². The first kappa shape index (κ1) is 16.9. The van der Waals surface area contributed by atoms with Gasteiger partial charge >= 0.3 is 0 Å². The summed E-state index contributed by atoms with van der Waals surface area (Å²) in [5.74, 6) is -0.592. The molecule has 0 aromatic carbocycles. The molecule has 0 saturated carbocycles. The van der Waals surface area contributed by atoms with Gasteiger partial charge in [0, 0.05) is 12.5 Å². The van der Waals surface area contributed by atoms with E-state index in [9.17, 15) is 19.8 Å². The molecule has 20 heavy (non-hydrogen) atoms. The van der Waals surface area contributed by atoms with Crippen molar-refractivity contribution in [2.45, 2.75) is 70.7 Å². The predicted octanol–water partition coefficient (Wildman–Crippen LogP) is 0.0239. The van der Waals surface area contributed by atoms with Crippen molar-refractivity contribution in [3.63, 3.8) is 0 Å². The molecule has 0 aromatic heterocycles. The van der Waals surface area contributed by atoms with E-state index in [1.807, 2.05) is 20.8 Å². The molecule has 1 saturated heterocycles. The topological polar surface area (TPSA) is 89.9 Å². The van der Waals surface area contributed by atoms with Crippen LogP contribution in [0.2, 0.25) is 0 Å². The third-order valence-electron chi connectivity index (χ3n) is 3.60. The van der Waals surface area contributed by atoms with Gasteiger partial charge in [0.1, 0.15) is 12.1 Å². The zero-order valence-electron chi connectivity index (χ0n) is 12.5. The Hall–Kier alpha value is -1.14. The number of carbonyl (C=O) groups is 2. The van der Waals surface area contributed by atoms with E-state index in [1.165, 1.54) is 4.90 Å². The van der Waals surface area contributed by atoms with Crippen LogP contribution >= 0.6 is 0 Å². The van der Waals surface area contributed by atoms with E-state index in [0.717, 1.165) is 12.8 Å². The van der Waals surface area contributed by atoms with Crippen LogP contribution in [0.3, 0.4) is 0 Å². The third-order valence-corrected chi connectivity index (χ3v) is 3.60. The summed E-state index contributed by atoms with van der Waals surface area (Å²) in [5.41, 5.74) is 0. The molecule has 0 bridgehead atoms. The minimum atomic E-state index is -1.22. The second kappa shape index (κ2) is 7.59. The van der Waals surface area contributed by atoms with Gasteiger partial charge in [0.05, 0.1) is 12.6 Å². The maximum Gasteiger partial charge on any atom is 0.245 e. The molecule has 1 heterocycles. The molecule has 2 amide bonds. The van der Waals surface area contributed by atoms with Crippen molar-refractivity contribution < 1.29 is 19.8 Å². The van der Waals surface area contributed by atoms with Crippen LogP contribution in [0.15, 0.2) is 0 Å². The van der Waals surface area contributed by atoms with E-state index in [4.69, 9.17) is 0 Å². The Morgan fingerprint density at radius 3 is 2.50 bits per heavy atom. The van der Waals surface area contributed by atoms with Crippen LogP contribution in [0.5, 0.6) is 0 Å². The van der Waals surface area contributed by atoms with Gasteiger partial charge in [0.15, 0.2) is 0 Å². The molecular formula is C14H26N2O4. The van der Waals surface area contributed by atoms with Crippen molar-refractivity contribution in [3.05, 3.63) is 0 Å². The molecule has 0 aromatic rings. The summed E-state index contributed by atoms with van der Waals surface area (Å²) in [5, 5.41) is 22.5. The molecule has 3 N–H and O–H groups in total. The Morgan fingerprint density at radius 1 is 1.30 bits per heavy atom. The van der Waals surface area contributed by atoms with Crippen molar-refractivity contribution in [3.8, 4) is 0 Å². The van der Waals surface area contributed by atoms with Gasteiger partial charge in [0.25, 0.3) is 0 Å². The van der Waals surface area contributed by atoms with Gasteiger partial charge in [-0.3, -0.25) is 9.59 Å². The molecule has 116 valence electrons. The Bertz CT molecular complexity index is 348. The second-order valence-corrected chi connectivity index (χ2v) is 5.50. The number of aliphatic hydroxyl groups excluding tert-OH is 2. The number of hydrogen-bond donors (Lipinski definition) is 3. The van der Waals surface area contributed by atoms with Crippen LogP contribution in [0.1, 0.15) is 46.5 Å². The first-order chi connectivity index (χ1) is 9.42. The molecule has 1 unspecified atom stereocenters. The van der Waals surface area contributed by atoms with Gasteiger partial charge in [-0.05, 0) is 19.8 Å². The molecule has 1 fully saturated rings. The lowest BCUT2D eigenvalue weighted by atomic mass is 10.1. The van der Waals surface area contributed by atoms with Crippen LogP contribution in [0.4, 0.5) is 0 Å². The molecule has 1 aliphatic heterocycles. The molecule has 4 atom stereocenters. The summed E-state index contributed by atoms with van der Waals surface area (Å²) in [6, 6.07) is -0.996. The summed E-state index contributed by atoms with van der Waals surface area (Å²) in [7, 11) is 0. The summed E-state index contributed by atoms with van der Waals surface area (Å²) in [6.45, 7) is 5.80. The first-order valence-electron chi connectivity index (χ1n) is 7.38. The highest BCUT2D eigenvalue weighted by Gasteiger charge is 2.46. The van der Waals surface area contributed by atoms with Gasteiger partial charge in [-0.1, -0.05) is 20.3 Å². The van der Waals surface area contributed by atoms with Crippen molar-refractivity contribution in [1.29, 1.82) is 0 Å². The van der Waals surface area contributed by atoms with Crippen molar-refractivity contribution >= 4 is 11.8 Å². The average Bonchev–Trinajstić information content (AvgIpc) is 2.66. The first-order valence-corrected chi connectivity index (χ1v) is 7.38. The zero-order chi connectivity index (χ0) is 15.3. The summed E-state index contributed by atoms with van der Waals surface area (Å²) in [6.07, 6.45) is 0.476. The lowest BCUT2D eigenvalue weighted by Gasteiger charge is -2.26. The summed E-state index contributed by atoms with van der Waals surface area (Å²) < 4.78 is 0. The van der Waals surface area contributed by atoms with Crippen LogP contribution in [0.25, 0.3) is 0 Å². The molecule has 0 aliphatic carbocycles. The average molecular weight is 286 g/mol. The van der Waals surface area contributed by atoms with Crippen molar-refractivity contribution in [1.82, 2.24) is 10.2 Å². The fourth-order valence-corrected chi connectivity index (χ4v) is 2.56. The maximum absolute atomic E-state index is 12.2. The minimum Gasteiger partial charge on any atom is -0.388 e. The molecule has 1 aliphatic rings. The lowest BCUT2D eigenvalue weighted by Crippen LogP contribution is -2.52. The fraction of sp³-hybridized carbons (Fsp3) is 0.857. The van der Waals surface area contributed by atoms with E-state index in [1.54, 1.807) is 0 Å². The monoisotopic (exact) mass is 286 g/mol. The van der Waals surface area contributed by atoms with Crippen molar-refractivity contribution in [2.24, 2.45) is 0 Å². The summed E-state index contributed by atoms with van der Waals surface area (Å²) >= 11 is 0. The number of hydrogen-bond acceptors (Lipinski definition) is 4. The largest absolute Gasteiger partial charge is 0.388 e. The molecule has 0 spiro atoms. The van der Waals surface area contributed by atoms with Crippen LogP contribution in [0, 0.1) is 0 Å². The van der Waals surface area contributed by atoms with Crippen molar-refractivity contribution in [2.75, 3.05) is 6.54 Å². The number of nitrogens with zero attached hydrogens (tertiary/aromatic N) is 1. The molecule has 6 nitrogen and oxygen atoms in total. The van der Waals surface area contributed by atoms with Gasteiger partial charge in [-0.2, -0.15) is 0 Å². The van der Waals surface area contributed by atoms with E-state index in [-0.39, 0.29) is 24.4 Å². The standard InChI is InChI=1S/C14H26N2O4/c1-4-6-9(3)15-14(20)12-13(19)10(17)8-16(12)11(18)7-5-2/h9-10,12-13,17,19H,4-8H2,1-3H3,(H,15,20)/t9?,10-,12-,13-/m0/s1. The number of amides is 2. The molecular weight excluding hydrogens is 260 g/mol. The van der Waals surface area contributed by atoms with Crippen LogP contribution in [-0.4, -0.2) is 57.8 Å². The Morgan fingerprint density at radius 2 is 1.95 bits per heavy atom. The predicted molar refractivity (Wildman–Crippen MR) is 74.9 cm³/mol. The maximum atomic E-state index is 12.2. The number of likely N-dealkylation sites (tertiary alicyclic amines) is 1. The Balaban J connectivity index is 2.76. The quantitative estimate of drug-likeness (QED) is 0.642. The number of rotatable bonds is 6. The number of nitrogens with one attached hydrogen (secondary N) is 1. The van der Waals surface area contributed by atoms with Gasteiger partial charge < -0.3 is 20.4 Å². The SMILES string of the molecule is CCCC(=O)N1C[C@H](O)[C@H](O)[C@H]1C(=O)NC(C)CCC. The van der Waals surface area contributed by atoms with E-state index >= 15 is 0 Å². The highest BCUT2D eigenvalue weighted by molar-refractivity contribution is 5.89. The highest BCUT2D eigenvalue weighted by atomic mass is 16.3. The molecule has 6 heteroatoms. The van der Waals surface area contributed by atoms with Crippen LogP contribution in [-0.2, 0) is 9.59 Å². The van der Waals surface area contributed by atoms with Crippen LogP contribution < -0.4 is 5.32 Å². The second-order valence-electron chi connectivity index (χ2n) is 5.50. The van der Waals surface area contributed by atoms with E-state index < -0.39 is 18.2 Å². The number of carbonyl (C=O) groups excluding carboxylic acids is 2. The lowest BCUT2D eigenvalue weighted by molar-refractivity contribution is -0.141. The number of β-amino-alcohol motifs (C(OH)–C–C–N with tert-alkyl or cyclic N) is 1. The Labute approximate surface area is 120 Å². The van der Waals surface area contributed by atoms with E-state index in [2.05, 4.69) is 5.32 Å². The summed E-state index contributed by atoms with van der Waals surface area (Å²) in [4.78, 5) is 25.5. The zero-order valence-corrected chi connectivity index (χ0v) is 12.5. The minimum absolute atomic E-state index is 0.0134. The molecule has 1 rings (SSSR count). The fourth-order valence-electron chi connectivity index (χ4n) is 2.56. The smallest absolute Gasteiger partial charge is 0.245 e. The van der Waals surface area contributed by atoms with Gasteiger partial charge in [-0.15, -0.1) is 0 Å². The van der Waals surface area contributed by atoms with E-state index in [0.29, 0.717) is 12.8 Å². The normalized spacial score (nSPS) is 27.4. The molecule has 0 radical (unpaired) electrons. The highest BCUT2D eigenvalue weighted by Crippen LogP contribution is 2.20.